The number of anilines is 1. The molecule has 0 heterocycles. The number of aromatic carboxylic acids is 1. The van der Waals surface area contributed by atoms with Crippen molar-refractivity contribution in [1.29, 1.82) is 0 Å². The predicted molar refractivity (Wildman–Crippen MR) is 72.5 cm³/mol. The molecule has 1 aliphatic carbocycles. The van der Waals surface area contributed by atoms with Crippen molar-refractivity contribution in [3.63, 3.8) is 0 Å². The normalized spacial score (nSPS) is 15.7. The monoisotopic (exact) mass is 262 g/mol. The zero-order chi connectivity index (χ0) is 14.0. The second-order valence-electron chi connectivity index (χ2n) is 5.06. The maximum Gasteiger partial charge on any atom is 0.335 e. The van der Waals surface area contributed by atoms with Crippen LogP contribution in [0.3, 0.4) is 0 Å². The van der Waals surface area contributed by atoms with E-state index in [4.69, 9.17) is 5.11 Å². The summed E-state index contributed by atoms with van der Waals surface area (Å²) in [4.78, 5) is 22.6. The van der Waals surface area contributed by atoms with Crippen molar-refractivity contribution in [2.45, 2.75) is 32.7 Å². The molecule has 2 rings (SSSR count). The molecule has 1 aromatic carbocycles. The molecule has 1 unspecified atom stereocenters. The van der Waals surface area contributed by atoms with Crippen LogP contribution in [0.1, 0.15) is 35.7 Å². The Hall–Kier alpha value is -2.04. The molecule has 1 atom stereocenters. The van der Waals surface area contributed by atoms with E-state index < -0.39 is 5.97 Å². The average Bonchev–Trinajstić information content (AvgIpc) is 3.15. The molecule has 0 bridgehead atoms. The van der Waals surface area contributed by atoms with E-state index in [2.05, 4.69) is 10.6 Å². The van der Waals surface area contributed by atoms with Gasteiger partial charge in [0.25, 0.3) is 0 Å². The van der Waals surface area contributed by atoms with Gasteiger partial charge in [0.2, 0.25) is 0 Å². The van der Waals surface area contributed by atoms with E-state index in [1.165, 1.54) is 18.9 Å². The van der Waals surface area contributed by atoms with E-state index >= 15 is 0 Å². The summed E-state index contributed by atoms with van der Waals surface area (Å²) in [7, 11) is 0. The molecule has 0 aliphatic heterocycles. The molecular formula is C14H18N2O3. The Morgan fingerprint density at radius 3 is 2.58 bits per heavy atom. The fourth-order valence-electron chi connectivity index (χ4n) is 2.02. The van der Waals surface area contributed by atoms with Gasteiger partial charge in [0, 0.05) is 11.7 Å². The van der Waals surface area contributed by atoms with Gasteiger partial charge >= 0.3 is 12.0 Å². The number of carboxylic acid groups (broad SMARTS) is 1. The second kappa shape index (κ2) is 5.30. The Kier molecular flexibility index (Phi) is 3.74. The molecule has 102 valence electrons. The second-order valence-corrected chi connectivity index (χ2v) is 5.06. The van der Waals surface area contributed by atoms with E-state index in [0.29, 0.717) is 11.6 Å². The highest BCUT2D eigenvalue weighted by Crippen LogP contribution is 2.32. The van der Waals surface area contributed by atoms with Gasteiger partial charge in [-0.1, -0.05) is 0 Å². The highest BCUT2D eigenvalue weighted by molar-refractivity contribution is 5.92. The first-order valence-corrected chi connectivity index (χ1v) is 6.39. The highest BCUT2D eigenvalue weighted by atomic mass is 16.4. The van der Waals surface area contributed by atoms with Crippen molar-refractivity contribution >= 4 is 17.7 Å². The SMILES string of the molecule is Cc1cc(C(=O)O)ccc1NC(=O)NC(C)C1CC1. The Morgan fingerprint density at radius 2 is 2.05 bits per heavy atom. The molecular weight excluding hydrogens is 244 g/mol. The molecule has 0 radical (unpaired) electrons. The number of nitrogens with one attached hydrogen (secondary N) is 2. The van der Waals surface area contributed by atoms with Crippen molar-refractivity contribution < 1.29 is 14.7 Å². The number of amides is 2. The van der Waals surface area contributed by atoms with Crippen LogP contribution in [0.15, 0.2) is 18.2 Å². The fourth-order valence-corrected chi connectivity index (χ4v) is 2.02. The molecule has 5 nitrogen and oxygen atoms in total. The Morgan fingerprint density at radius 1 is 1.37 bits per heavy atom. The maximum atomic E-state index is 11.8. The average molecular weight is 262 g/mol. The molecule has 1 fully saturated rings. The third-order valence-electron chi connectivity index (χ3n) is 3.41. The molecule has 1 aromatic rings. The number of rotatable bonds is 4. The minimum Gasteiger partial charge on any atom is -0.478 e. The number of benzene rings is 1. The lowest BCUT2D eigenvalue weighted by molar-refractivity contribution is 0.0697. The summed E-state index contributed by atoms with van der Waals surface area (Å²) in [5.41, 5.74) is 1.58. The summed E-state index contributed by atoms with van der Waals surface area (Å²) >= 11 is 0. The van der Waals surface area contributed by atoms with Crippen LogP contribution in [0.2, 0.25) is 0 Å². The molecule has 5 heteroatoms. The van der Waals surface area contributed by atoms with E-state index in [9.17, 15) is 9.59 Å². The standard InChI is InChI=1S/C14H18N2O3/c1-8-7-11(13(17)18)5-6-12(8)16-14(19)15-9(2)10-3-4-10/h5-7,9-10H,3-4H2,1-2H3,(H,17,18)(H2,15,16,19). The van der Waals surface area contributed by atoms with Crippen LogP contribution in [-0.2, 0) is 0 Å². The van der Waals surface area contributed by atoms with Gasteiger partial charge in [0.05, 0.1) is 5.56 Å². The largest absolute Gasteiger partial charge is 0.478 e. The van der Waals surface area contributed by atoms with Crippen molar-refractivity contribution in [3.05, 3.63) is 29.3 Å². The van der Waals surface area contributed by atoms with Gasteiger partial charge in [-0.05, 0) is 56.4 Å². The summed E-state index contributed by atoms with van der Waals surface area (Å²) in [6, 6.07) is 4.57. The van der Waals surface area contributed by atoms with Crippen molar-refractivity contribution in [2.75, 3.05) is 5.32 Å². The van der Waals surface area contributed by atoms with Gasteiger partial charge < -0.3 is 15.7 Å². The van der Waals surface area contributed by atoms with Crippen LogP contribution in [0.4, 0.5) is 10.5 Å². The number of carbonyl (C=O) groups excluding carboxylic acids is 1. The highest BCUT2D eigenvalue weighted by Gasteiger charge is 2.28. The van der Waals surface area contributed by atoms with E-state index in [-0.39, 0.29) is 17.6 Å². The quantitative estimate of drug-likeness (QED) is 0.780. The number of hydrogen-bond donors (Lipinski definition) is 3. The third kappa shape index (κ3) is 3.47. The molecule has 0 aromatic heterocycles. The Labute approximate surface area is 112 Å². The molecule has 0 spiro atoms. The Bertz CT molecular complexity index is 509. The lowest BCUT2D eigenvalue weighted by Gasteiger charge is -2.15. The number of urea groups is 1. The Balaban J connectivity index is 1.98. The van der Waals surface area contributed by atoms with Crippen molar-refractivity contribution in [2.24, 2.45) is 5.92 Å². The first-order chi connectivity index (χ1) is 8.97. The van der Waals surface area contributed by atoms with Crippen LogP contribution in [0.5, 0.6) is 0 Å². The number of hydrogen-bond acceptors (Lipinski definition) is 2. The third-order valence-corrected chi connectivity index (χ3v) is 3.41. The van der Waals surface area contributed by atoms with E-state index in [1.807, 2.05) is 6.92 Å². The molecule has 3 N–H and O–H groups in total. The van der Waals surface area contributed by atoms with E-state index in [0.717, 1.165) is 5.56 Å². The fraction of sp³-hybridized carbons (Fsp3) is 0.429. The van der Waals surface area contributed by atoms with Gasteiger partial charge in [-0.25, -0.2) is 9.59 Å². The van der Waals surface area contributed by atoms with Crippen LogP contribution in [-0.4, -0.2) is 23.1 Å². The predicted octanol–water partition coefficient (Wildman–Crippen LogP) is 2.61. The molecule has 1 aliphatic rings. The first kappa shape index (κ1) is 13.4. The number of carboxylic acids is 1. The molecule has 1 saturated carbocycles. The zero-order valence-corrected chi connectivity index (χ0v) is 11.1. The van der Waals surface area contributed by atoms with Crippen LogP contribution < -0.4 is 10.6 Å². The van der Waals surface area contributed by atoms with Crippen LogP contribution >= 0.6 is 0 Å². The molecule has 0 saturated heterocycles. The molecule has 2 amide bonds. The summed E-state index contributed by atoms with van der Waals surface area (Å²) < 4.78 is 0. The van der Waals surface area contributed by atoms with Gasteiger partial charge in [0.1, 0.15) is 0 Å². The lowest BCUT2D eigenvalue weighted by atomic mass is 10.1. The summed E-state index contributed by atoms with van der Waals surface area (Å²) in [6.07, 6.45) is 2.35. The summed E-state index contributed by atoms with van der Waals surface area (Å²) in [6.45, 7) is 3.77. The summed E-state index contributed by atoms with van der Waals surface area (Å²) in [5, 5.41) is 14.5. The van der Waals surface area contributed by atoms with Crippen molar-refractivity contribution in [3.8, 4) is 0 Å². The topological polar surface area (TPSA) is 78.4 Å². The van der Waals surface area contributed by atoms with E-state index in [1.54, 1.807) is 19.1 Å². The van der Waals surface area contributed by atoms with Crippen molar-refractivity contribution in [1.82, 2.24) is 5.32 Å². The minimum atomic E-state index is -0.971. The first-order valence-electron chi connectivity index (χ1n) is 6.39. The van der Waals surface area contributed by atoms with Crippen LogP contribution in [0, 0.1) is 12.8 Å². The zero-order valence-electron chi connectivity index (χ0n) is 11.1. The van der Waals surface area contributed by atoms with Gasteiger partial charge in [-0.15, -0.1) is 0 Å². The summed E-state index contributed by atoms with van der Waals surface area (Å²) in [5.74, 6) is -0.373. The lowest BCUT2D eigenvalue weighted by Crippen LogP contribution is -2.37. The number of aryl methyl sites for hydroxylation is 1. The minimum absolute atomic E-state index is 0.179. The van der Waals surface area contributed by atoms with Gasteiger partial charge in [0.15, 0.2) is 0 Å². The smallest absolute Gasteiger partial charge is 0.335 e. The molecule has 19 heavy (non-hydrogen) atoms. The van der Waals surface area contributed by atoms with Crippen LogP contribution in [0.25, 0.3) is 0 Å². The maximum absolute atomic E-state index is 11.8. The number of carbonyl (C=O) groups is 2. The van der Waals surface area contributed by atoms with Gasteiger partial charge in [-0.2, -0.15) is 0 Å². The van der Waals surface area contributed by atoms with Gasteiger partial charge in [-0.3, -0.25) is 0 Å².